The van der Waals surface area contributed by atoms with Crippen molar-refractivity contribution in [1.29, 1.82) is 0 Å². The lowest BCUT2D eigenvalue weighted by atomic mass is 9.83. The van der Waals surface area contributed by atoms with E-state index in [0.717, 1.165) is 33.7 Å². The van der Waals surface area contributed by atoms with Crippen molar-refractivity contribution in [2.24, 2.45) is 0 Å². The molecule has 34 heavy (non-hydrogen) atoms. The van der Waals surface area contributed by atoms with Crippen LogP contribution in [0, 0.1) is 0 Å². The summed E-state index contributed by atoms with van der Waals surface area (Å²) >= 11 is 0. The smallest absolute Gasteiger partial charge is 0.235 e. The molecule has 1 aliphatic rings. The maximum absolute atomic E-state index is 12.7. The zero-order valence-electron chi connectivity index (χ0n) is 20.0. The molecule has 1 fully saturated rings. The van der Waals surface area contributed by atoms with Gasteiger partial charge in [0.05, 0.1) is 24.8 Å². The molecule has 1 saturated heterocycles. The van der Waals surface area contributed by atoms with Crippen molar-refractivity contribution >= 4 is 42.2 Å². The molecule has 7 nitrogen and oxygen atoms in total. The molecular weight excluding hydrogens is 472 g/mol. The summed E-state index contributed by atoms with van der Waals surface area (Å²) in [4.78, 5) is 0. The number of rotatable bonds is 5. The van der Waals surface area contributed by atoms with E-state index >= 15 is 0 Å². The van der Waals surface area contributed by atoms with Gasteiger partial charge in [-0.2, -0.15) is 0 Å². The summed E-state index contributed by atoms with van der Waals surface area (Å²) in [6.07, 6.45) is 1.72. The van der Waals surface area contributed by atoms with E-state index in [-0.39, 0.29) is 11.2 Å². The zero-order chi connectivity index (χ0) is 24.9. The SMILES string of the molecule is COc1c(-c2ccc3cc(NS(C)(=O)=O)ccc3c2)cc(N2CCCS2(=O)=O)cc1C(C)(C)C. The standard InChI is InChI=1S/C25H30N2O5S2/c1-25(2,3)23-16-21(27-11-6-12-34(27,30)31)15-22(24(23)32-4)19-8-7-18-14-20(26-33(5,28)29)10-9-17(18)13-19/h7-10,13-16,26H,6,11-12H2,1-5H3. The van der Waals surface area contributed by atoms with Gasteiger partial charge in [0.1, 0.15) is 5.75 Å². The number of ether oxygens (including phenoxy) is 1. The summed E-state index contributed by atoms with van der Waals surface area (Å²) in [5.74, 6) is 0.863. The molecule has 182 valence electrons. The summed E-state index contributed by atoms with van der Waals surface area (Å²) in [6, 6.07) is 15.0. The van der Waals surface area contributed by atoms with Gasteiger partial charge in [0.25, 0.3) is 0 Å². The van der Waals surface area contributed by atoms with Gasteiger partial charge in [-0.15, -0.1) is 0 Å². The molecule has 3 aromatic rings. The Morgan fingerprint density at radius 1 is 1.00 bits per heavy atom. The molecule has 0 amide bonds. The molecule has 1 N–H and O–H groups in total. The van der Waals surface area contributed by atoms with Gasteiger partial charge in [-0.05, 0) is 58.5 Å². The van der Waals surface area contributed by atoms with Crippen LogP contribution in [0.4, 0.5) is 11.4 Å². The van der Waals surface area contributed by atoms with Gasteiger partial charge in [0, 0.05) is 23.4 Å². The minimum Gasteiger partial charge on any atom is -0.496 e. The second-order valence-electron chi connectivity index (χ2n) is 9.72. The Hall–Kier alpha value is -2.78. The molecular formula is C25H30N2O5S2. The van der Waals surface area contributed by atoms with Crippen molar-refractivity contribution in [3.8, 4) is 16.9 Å². The quantitative estimate of drug-likeness (QED) is 0.545. The average molecular weight is 503 g/mol. The molecule has 0 saturated carbocycles. The Morgan fingerprint density at radius 2 is 1.68 bits per heavy atom. The molecule has 0 radical (unpaired) electrons. The first-order valence-electron chi connectivity index (χ1n) is 11.0. The van der Waals surface area contributed by atoms with Crippen LogP contribution >= 0.6 is 0 Å². The highest BCUT2D eigenvalue weighted by Gasteiger charge is 2.31. The van der Waals surface area contributed by atoms with Crippen LogP contribution in [0.1, 0.15) is 32.8 Å². The van der Waals surface area contributed by atoms with Gasteiger partial charge in [-0.3, -0.25) is 9.03 Å². The Morgan fingerprint density at radius 3 is 2.26 bits per heavy atom. The van der Waals surface area contributed by atoms with Crippen LogP contribution in [0.15, 0.2) is 48.5 Å². The molecule has 0 unspecified atom stereocenters. The Balaban J connectivity index is 1.90. The molecule has 3 aromatic carbocycles. The predicted molar refractivity (Wildman–Crippen MR) is 139 cm³/mol. The van der Waals surface area contributed by atoms with Crippen LogP contribution in [0.5, 0.6) is 5.75 Å². The summed E-state index contributed by atoms with van der Waals surface area (Å²) in [6.45, 7) is 6.69. The summed E-state index contributed by atoms with van der Waals surface area (Å²) in [7, 11) is -5.08. The molecule has 1 aliphatic heterocycles. The second-order valence-corrected chi connectivity index (χ2v) is 13.5. The number of nitrogens with zero attached hydrogens (tertiary/aromatic N) is 1. The first kappa shape index (κ1) is 24.3. The molecule has 1 heterocycles. The Bertz CT molecular complexity index is 1470. The van der Waals surface area contributed by atoms with Crippen molar-refractivity contribution in [2.45, 2.75) is 32.6 Å². The van der Waals surface area contributed by atoms with E-state index in [4.69, 9.17) is 4.74 Å². The van der Waals surface area contributed by atoms with E-state index in [9.17, 15) is 16.8 Å². The monoisotopic (exact) mass is 502 g/mol. The third-order valence-electron chi connectivity index (χ3n) is 5.93. The van der Waals surface area contributed by atoms with E-state index in [1.54, 1.807) is 19.2 Å². The molecule has 4 rings (SSSR count). The van der Waals surface area contributed by atoms with E-state index in [1.807, 2.05) is 36.4 Å². The maximum Gasteiger partial charge on any atom is 0.235 e. The van der Waals surface area contributed by atoms with Crippen LogP contribution in [-0.4, -0.2) is 42.5 Å². The minimum absolute atomic E-state index is 0.152. The Kier molecular flexibility index (Phi) is 6.06. The third kappa shape index (κ3) is 4.86. The van der Waals surface area contributed by atoms with Gasteiger partial charge >= 0.3 is 0 Å². The van der Waals surface area contributed by atoms with E-state index < -0.39 is 20.0 Å². The van der Waals surface area contributed by atoms with E-state index in [2.05, 4.69) is 25.5 Å². The van der Waals surface area contributed by atoms with Crippen molar-refractivity contribution in [3.63, 3.8) is 0 Å². The van der Waals surface area contributed by atoms with Gasteiger partial charge in [0.2, 0.25) is 20.0 Å². The van der Waals surface area contributed by atoms with Gasteiger partial charge in [-0.25, -0.2) is 16.8 Å². The molecule has 0 bridgehead atoms. The highest BCUT2D eigenvalue weighted by atomic mass is 32.2. The molecule has 0 spiro atoms. The molecule has 0 aromatic heterocycles. The van der Waals surface area contributed by atoms with Gasteiger partial charge in [0.15, 0.2) is 0 Å². The lowest BCUT2D eigenvalue weighted by Crippen LogP contribution is -2.26. The van der Waals surface area contributed by atoms with Crippen molar-refractivity contribution < 1.29 is 21.6 Å². The van der Waals surface area contributed by atoms with Crippen molar-refractivity contribution in [1.82, 2.24) is 0 Å². The first-order valence-corrected chi connectivity index (χ1v) is 14.5. The van der Waals surface area contributed by atoms with Gasteiger partial charge < -0.3 is 4.74 Å². The topological polar surface area (TPSA) is 92.8 Å². The lowest BCUT2D eigenvalue weighted by Gasteiger charge is -2.27. The summed E-state index contributed by atoms with van der Waals surface area (Å²) < 4.78 is 58.4. The fourth-order valence-electron chi connectivity index (χ4n) is 4.37. The third-order valence-corrected chi connectivity index (χ3v) is 8.40. The first-order chi connectivity index (χ1) is 15.8. The lowest BCUT2D eigenvalue weighted by molar-refractivity contribution is 0.399. The van der Waals surface area contributed by atoms with Crippen LogP contribution in [-0.2, 0) is 25.5 Å². The largest absolute Gasteiger partial charge is 0.496 e. The molecule has 0 atom stereocenters. The summed E-state index contributed by atoms with van der Waals surface area (Å²) in [5, 5.41) is 1.81. The fraction of sp³-hybridized carbons (Fsp3) is 0.360. The summed E-state index contributed by atoms with van der Waals surface area (Å²) in [5.41, 5.74) is 3.49. The van der Waals surface area contributed by atoms with Crippen LogP contribution in [0.25, 0.3) is 21.9 Å². The number of nitrogens with one attached hydrogen (secondary N) is 1. The fourth-order valence-corrected chi connectivity index (χ4v) is 6.47. The van der Waals surface area contributed by atoms with Crippen molar-refractivity contribution in [2.75, 3.05) is 34.7 Å². The minimum atomic E-state index is -3.37. The maximum atomic E-state index is 12.7. The number of methoxy groups -OCH3 is 1. The normalized spacial score (nSPS) is 16.1. The Labute approximate surface area is 201 Å². The molecule has 0 aliphatic carbocycles. The van der Waals surface area contributed by atoms with Crippen LogP contribution < -0.4 is 13.8 Å². The predicted octanol–water partition coefficient (Wildman–Crippen LogP) is 4.72. The van der Waals surface area contributed by atoms with E-state index in [1.165, 1.54) is 4.31 Å². The number of benzene rings is 3. The molecule has 9 heteroatoms. The highest BCUT2D eigenvalue weighted by Crippen LogP contribution is 2.44. The number of fused-ring (bicyclic) bond motifs is 1. The van der Waals surface area contributed by atoms with Crippen LogP contribution in [0.2, 0.25) is 0 Å². The number of hydrogen-bond acceptors (Lipinski definition) is 5. The number of anilines is 2. The van der Waals surface area contributed by atoms with Crippen molar-refractivity contribution in [3.05, 3.63) is 54.1 Å². The average Bonchev–Trinajstić information content (AvgIpc) is 3.09. The highest BCUT2D eigenvalue weighted by molar-refractivity contribution is 7.93. The van der Waals surface area contributed by atoms with Gasteiger partial charge in [-0.1, -0.05) is 39.0 Å². The second kappa shape index (κ2) is 8.46. The number of hydrogen-bond donors (Lipinski definition) is 1. The number of sulfonamides is 2. The van der Waals surface area contributed by atoms with E-state index in [0.29, 0.717) is 30.1 Å². The zero-order valence-corrected chi connectivity index (χ0v) is 21.7. The van der Waals surface area contributed by atoms with Crippen LogP contribution in [0.3, 0.4) is 0 Å².